The van der Waals surface area contributed by atoms with Crippen LogP contribution in [0.1, 0.15) is 34.4 Å². The number of benzene rings is 1. The monoisotopic (exact) mass is 420 g/mol. The van der Waals surface area contributed by atoms with Crippen molar-refractivity contribution in [3.63, 3.8) is 0 Å². The molecule has 2 heterocycles. The van der Waals surface area contributed by atoms with Gasteiger partial charge in [0.15, 0.2) is 0 Å². The van der Waals surface area contributed by atoms with Crippen molar-refractivity contribution in [3.8, 4) is 12.1 Å². The fourth-order valence-corrected chi connectivity index (χ4v) is 4.41. The van der Waals surface area contributed by atoms with Crippen LogP contribution in [-0.2, 0) is 16.0 Å². The van der Waals surface area contributed by atoms with E-state index in [1.165, 1.54) is 0 Å². The van der Waals surface area contributed by atoms with Crippen molar-refractivity contribution in [1.29, 1.82) is 10.5 Å². The van der Waals surface area contributed by atoms with Gasteiger partial charge in [-0.1, -0.05) is 49.0 Å². The molecule has 8 nitrogen and oxygen atoms in total. The number of aromatic nitrogens is 1. The molecule has 3 rings (SSSR count). The van der Waals surface area contributed by atoms with Crippen LogP contribution in [0.25, 0.3) is 0 Å². The van der Waals surface area contributed by atoms with Crippen LogP contribution in [0.15, 0.2) is 35.4 Å². The Balaban J connectivity index is 2.14. The summed E-state index contributed by atoms with van der Waals surface area (Å²) in [4.78, 5) is 30.4. The number of carbonyl (C=O) groups is 2. The quantitative estimate of drug-likeness (QED) is 0.678. The third kappa shape index (κ3) is 4.22. The first-order chi connectivity index (χ1) is 14.5. The third-order valence-corrected chi connectivity index (χ3v) is 6.01. The van der Waals surface area contributed by atoms with E-state index in [1.54, 1.807) is 29.2 Å². The van der Waals surface area contributed by atoms with Crippen LogP contribution in [0.2, 0.25) is 0 Å². The number of nitriles is 2. The van der Waals surface area contributed by atoms with Crippen LogP contribution >= 0.6 is 11.8 Å². The zero-order valence-corrected chi connectivity index (χ0v) is 17.2. The smallest absolute Gasteiger partial charge is 0.239 e. The Morgan fingerprint density at radius 1 is 1.30 bits per heavy atom. The van der Waals surface area contributed by atoms with Crippen molar-refractivity contribution in [2.45, 2.75) is 23.6 Å². The number of carbonyl (C=O) groups excluding carboxylic acids is 2. The molecule has 0 bridgehead atoms. The SMILES string of the molecule is CCc1c(C#N)c(SC(C(N)=O)c2ccccc2)nc(N2CCNC(=O)C2)c1C#N. The number of pyridine rings is 1. The first kappa shape index (κ1) is 21.2. The van der Waals surface area contributed by atoms with Crippen molar-refractivity contribution in [2.75, 3.05) is 24.5 Å². The topological polar surface area (TPSA) is 136 Å². The van der Waals surface area contributed by atoms with Gasteiger partial charge in [0.05, 0.1) is 17.7 Å². The van der Waals surface area contributed by atoms with Crippen LogP contribution in [0, 0.1) is 22.7 Å². The molecule has 1 fully saturated rings. The Bertz CT molecular complexity index is 1060. The second-order valence-corrected chi connectivity index (χ2v) is 7.72. The molecule has 0 saturated carbocycles. The highest BCUT2D eigenvalue weighted by atomic mass is 32.2. The lowest BCUT2D eigenvalue weighted by Gasteiger charge is -2.29. The number of nitrogens with two attached hydrogens (primary N) is 1. The normalized spacial score (nSPS) is 14.4. The van der Waals surface area contributed by atoms with E-state index in [0.717, 1.165) is 11.8 Å². The van der Waals surface area contributed by atoms with Crippen LogP contribution in [0.3, 0.4) is 0 Å². The molecule has 1 unspecified atom stereocenters. The predicted octanol–water partition coefficient (Wildman–Crippen LogP) is 1.64. The fourth-order valence-electron chi connectivity index (χ4n) is 3.35. The lowest BCUT2D eigenvalue weighted by atomic mass is 10.0. The second kappa shape index (κ2) is 9.29. The second-order valence-electron chi connectivity index (χ2n) is 6.63. The van der Waals surface area contributed by atoms with Gasteiger partial charge in [-0.2, -0.15) is 10.5 Å². The largest absolute Gasteiger partial charge is 0.368 e. The lowest BCUT2D eigenvalue weighted by Crippen LogP contribution is -2.48. The Labute approximate surface area is 178 Å². The third-order valence-electron chi connectivity index (χ3n) is 4.75. The van der Waals surface area contributed by atoms with Crippen LogP contribution in [0.4, 0.5) is 5.82 Å². The van der Waals surface area contributed by atoms with Crippen LogP contribution < -0.4 is 16.0 Å². The molecule has 0 spiro atoms. The minimum absolute atomic E-state index is 0.0682. The molecule has 1 atom stereocenters. The van der Waals surface area contributed by atoms with E-state index in [-0.39, 0.29) is 23.6 Å². The van der Waals surface area contributed by atoms with E-state index < -0.39 is 11.2 Å². The maximum absolute atomic E-state index is 12.2. The first-order valence-corrected chi connectivity index (χ1v) is 10.3. The number of thioether (sulfide) groups is 1. The number of piperazine rings is 1. The Hall–Kier alpha value is -3.56. The van der Waals surface area contributed by atoms with Crippen molar-refractivity contribution < 1.29 is 9.59 Å². The van der Waals surface area contributed by atoms with Gasteiger partial charge in [0.2, 0.25) is 11.8 Å². The number of anilines is 1. The highest BCUT2D eigenvalue weighted by Gasteiger charge is 2.28. The van der Waals surface area contributed by atoms with Crippen molar-refractivity contribution in [1.82, 2.24) is 10.3 Å². The number of amides is 2. The summed E-state index contributed by atoms with van der Waals surface area (Å²) in [7, 11) is 0. The zero-order valence-electron chi connectivity index (χ0n) is 16.4. The predicted molar refractivity (Wildman–Crippen MR) is 113 cm³/mol. The molecule has 1 aliphatic rings. The minimum atomic E-state index is -0.749. The minimum Gasteiger partial charge on any atom is -0.368 e. The van der Waals surface area contributed by atoms with Gasteiger partial charge < -0.3 is 16.0 Å². The van der Waals surface area contributed by atoms with Gasteiger partial charge in [0.1, 0.15) is 28.2 Å². The molecule has 1 aliphatic heterocycles. The highest BCUT2D eigenvalue weighted by molar-refractivity contribution is 8.00. The number of hydrogen-bond donors (Lipinski definition) is 2. The molecule has 1 aromatic heterocycles. The summed E-state index contributed by atoms with van der Waals surface area (Å²) in [5, 5.41) is 21.9. The van der Waals surface area contributed by atoms with Crippen LogP contribution in [0.5, 0.6) is 0 Å². The average molecular weight is 420 g/mol. The number of primary amides is 1. The van der Waals surface area contributed by atoms with E-state index >= 15 is 0 Å². The first-order valence-electron chi connectivity index (χ1n) is 9.39. The maximum atomic E-state index is 12.2. The molecular formula is C21H20N6O2S. The van der Waals surface area contributed by atoms with Crippen molar-refractivity contribution in [2.24, 2.45) is 5.73 Å². The number of nitrogens with zero attached hydrogens (tertiary/aromatic N) is 4. The fraction of sp³-hybridized carbons (Fsp3) is 0.286. The van der Waals surface area contributed by atoms with Crippen molar-refractivity contribution >= 4 is 29.4 Å². The van der Waals surface area contributed by atoms with Gasteiger partial charge in [-0.25, -0.2) is 4.98 Å². The average Bonchev–Trinajstić information content (AvgIpc) is 2.76. The molecule has 152 valence electrons. The van der Waals surface area contributed by atoms with Gasteiger partial charge in [0, 0.05) is 13.1 Å². The molecular weight excluding hydrogens is 400 g/mol. The van der Waals surface area contributed by atoms with Gasteiger partial charge in [-0.3, -0.25) is 9.59 Å². The van der Waals surface area contributed by atoms with Gasteiger partial charge >= 0.3 is 0 Å². The Morgan fingerprint density at radius 3 is 2.57 bits per heavy atom. The van der Waals surface area contributed by atoms with E-state index in [0.29, 0.717) is 41.5 Å². The molecule has 1 saturated heterocycles. The number of nitrogens with one attached hydrogen (secondary N) is 1. The van der Waals surface area contributed by atoms with Gasteiger partial charge in [-0.15, -0.1) is 0 Å². The van der Waals surface area contributed by atoms with E-state index in [2.05, 4.69) is 22.4 Å². The summed E-state index contributed by atoms with van der Waals surface area (Å²) in [6.07, 6.45) is 0.432. The summed E-state index contributed by atoms with van der Waals surface area (Å²) < 4.78 is 0. The Morgan fingerprint density at radius 2 is 2.00 bits per heavy atom. The number of hydrogen-bond acceptors (Lipinski definition) is 7. The van der Waals surface area contributed by atoms with Gasteiger partial charge in [0.25, 0.3) is 0 Å². The highest BCUT2D eigenvalue weighted by Crippen LogP contribution is 2.39. The Kier molecular flexibility index (Phi) is 6.55. The molecule has 1 aromatic carbocycles. The molecule has 0 aliphatic carbocycles. The molecule has 2 amide bonds. The molecule has 0 radical (unpaired) electrons. The van der Waals surface area contributed by atoms with Crippen LogP contribution in [-0.4, -0.2) is 36.4 Å². The molecule has 3 N–H and O–H groups in total. The summed E-state index contributed by atoms with van der Waals surface area (Å²) >= 11 is 1.08. The summed E-state index contributed by atoms with van der Waals surface area (Å²) in [5.41, 5.74) is 7.43. The van der Waals surface area contributed by atoms with Gasteiger partial charge in [-0.05, 0) is 17.5 Å². The van der Waals surface area contributed by atoms with E-state index in [1.807, 2.05) is 13.0 Å². The zero-order chi connectivity index (χ0) is 21.7. The molecule has 30 heavy (non-hydrogen) atoms. The summed E-state index contributed by atoms with van der Waals surface area (Å²) in [6, 6.07) is 13.3. The maximum Gasteiger partial charge on any atom is 0.239 e. The molecule has 2 aromatic rings. The van der Waals surface area contributed by atoms with E-state index in [9.17, 15) is 20.1 Å². The molecule has 9 heteroatoms. The standard InChI is InChI=1S/C21H20N6O2S/c1-2-14-15(10-22)20(27-9-8-25-17(28)12-27)26-21(16(14)11-23)30-18(19(24)29)13-6-4-3-5-7-13/h3-7,18H,2,8-9,12H2,1H3,(H2,24,29)(H,25,28). The summed E-state index contributed by atoms with van der Waals surface area (Å²) in [5.74, 6) is -0.372. The lowest BCUT2D eigenvalue weighted by molar-refractivity contribution is -0.120. The van der Waals surface area contributed by atoms with E-state index in [4.69, 9.17) is 5.73 Å². The summed E-state index contributed by atoms with van der Waals surface area (Å²) in [6.45, 7) is 2.84. The van der Waals surface area contributed by atoms with Crippen molar-refractivity contribution in [3.05, 3.63) is 52.6 Å². The number of rotatable bonds is 6.